The molecule has 0 bridgehead atoms. The molecule has 16 heavy (non-hydrogen) atoms. The minimum Gasteiger partial charge on any atom is -0.381 e. The van der Waals surface area contributed by atoms with E-state index in [1.54, 1.807) is 6.08 Å². The van der Waals surface area contributed by atoms with Crippen molar-refractivity contribution in [3.63, 3.8) is 0 Å². The van der Waals surface area contributed by atoms with Gasteiger partial charge in [-0.25, -0.2) is 0 Å². The second kappa shape index (κ2) is 7.41. The molecule has 1 heterocycles. The topological polar surface area (TPSA) is 50.4 Å². The van der Waals surface area contributed by atoms with Gasteiger partial charge in [0.2, 0.25) is 5.91 Å². The van der Waals surface area contributed by atoms with Crippen LogP contribution in [0, 0.1) is 5.92 Å². The van der Waals surface area contributed by atoms with Gasteiger partial charge in [-0.05, 0) is 25.7 Å². The molecule has 0 aromatic heterocycles. The molecule has 1 amide bonds. The molecular formula is C12H22N2O2. The molecule has 0 spiro atoms. The summed E-state index contributed by atoms with van der Waals surface area (Å²) < 4.78 is 5.39. The van der Waals surface area contributed by atoms with Gasteiger partial charge in [0, 0.05) is 19.7 Å². The van der Waals surface area contributed by atoms with Crippen LogP contribution in [0.4, 0.5) is 0 Å². The van der Waals surface area contributed by atoms with E-state index in [0.29, 0.717) is 12.5 Å². The van der Waals surface area contributed by atoms with Crippen molar-refractivity contribution in [2.45, 2.75) is 25.8 Å². The lowest BCUT2D eigenvalue weighted by Crippen LogP contribution is -2.44. The van der Waals surface area contributed by atoms with Crippen molar-refractivity contribution in [3.8, 4) is 0 Å². The van der Waals surface area contributed by atoms with Gasteiger partial charge in [-0.3, -0.25) is 4.79 Å². The maximum absolute atomic E-state index is 11.5. The standard InChI is InChI=1S/C12H22N2O2/c1-3-6-13-12(15)10(2)14-8-11-5-4-7-16-9-11/h3,10-11,14H,1,4-9H2,2H3,(H,13,15). The molecule has 4 nitrogen and oxygen atoms in total. The molecule has 92 valence electrons. The Bertz CT molecular complexity index is 225. The molecule has 0 aromatic rings. The van der Waals surface area contributed by atoms with Crippen LogP contribution < -0.4 is 10.6 Å². The average Bonchev–Trinajstić information content (AvgIpc) is 2.34. The minimum absolute atomic E-state index is 0.0247. The van der Waals surface area contributed by atoms with Gasteiger partial charge in [-0.2, -0.15) is 0 Å². The van der Waals surface area contributed by atoms with Gasteiger partial charge in [0.05, 0.1) is 12.6 Å². The Labute approximate surface area is 97.4 Å². The molecule has 2 N–H and O–H groups in total. The maximum atomic E-state index is 11.5. The number of nitrogens with one attached hydrogen (secondary N) is 2. The Balaban J connectivity index is 2.15. The normalized spacial score (nSPS) is 22.4. The smallest absolute Gasteiger partial charge is 0.237 e. The van der Waals surface area contributed by atoms with Crippen molar-refractivity contribution in [1.29, 1.82) is 0 Å². The number of hydrogen-bond acceptors (Lipinski definition) is 3. The van der Waals surface area contributed by atoms with E-state index in [-0.39, 0.29) is 11.9 Å². The Morgan fingerprint density at radius 1 is 1.69 bits per heavy atom. The van der Waals surface area contributed by atoms with E-state index < -0.39 is 0 Å². The third kappa shape index (κ3) is 4.77. The van der Waals surface area contributed by atoms with Crippen molar-refractivity contribution >= 4 is 5.91 Å². The first-order chi connectivity index (χ1) is 7.74. The molecule has 2 unspecified atom stereocenters. The predicted molar refractivity (Wildman–Crippen MR) is 64.2 cm³/mol. The number of amides is 1. The SMILES string of the molecule is C=CCNC(=O)C(C)NCC1CCCOC1. The van der Waals surface area contributed by atoms with Crippen LogP contribution in [0.1, 0.15) is 19.8 Å². The van der Waals surface area contributed by atoms with Gasteiger partial charge in [0.25, 0.3) is 0 Å². The summed E-state index contributed by atoms with van der Waals surface area (Å²) in [5.41, 5.74) is 0. The Hall–Kier alpha value is -0.870. The minimum atomic E-state index is -0.151. The van der Waals surface area contributed by atoms with Crippen molar-refractivity contribution in [2.75, 3.05) is 26.3 Å². The van der Waals surface area contributed by atoms with Crippen LogP contribution in [0.5, 0.6) is 0 Å². The van der Waals surface area contributed by atoms with Gasteiger partial charge >= 0.3 is 0 Å². The highest BCUT2D eigenvalue weighted by molar-refractivity contribution is 5.81. The molecule has 1 fully saturated rings. The van der Waals surface area contributed by atoms with Crippen molar-refractivity contribution in [1.82, 2.24) is 10.6 Å². The van der Waals surface area contributed by atoms with Gasteiger partial charge in [-0.15, -0.1) is 6.58 Å². The molecule has 1 aliphatic heterocycles. The summed E-state index contributed by atoms with van der Waals surface area (Å²) in [5.74, 6) is 0.569. The van der Waals surface area contributed by atoms with Crippen LogP contribution in [0.15, 0.2) is 12.7 Å². The lowest BCUT2D eigenvalue weighted by Gasteiger charge is -2.24. The Morgan fingerprint density at radius 2 is 2.50 bits per heavy atom. The summed E-state index contributed by atoms with van der Waals surface area (Å²) in [5, 5.41) is 6.00. The number of carbonyl (C=O) groups excluding carboxylic acids is 1. The number of carbonyl (C=O) groups is 1. The third-order valence-corrected chi connectivity index (χ3v) is 2.78. The molecule has 1 rings (SSSR count). The first kappa shape index (κ1) is 13.2. The summed E-state index contributed by atoms with van der Waals surface area (Å²) in [7, 11) is 0. The quantitative estimate of drug-likeness (QED) is 0.655. The first-order valence-corrected chi connectivity index (χ1v) is 5.93. The lowest BCUT2D eigenvalue weighted by atomic mass is 10.0. The lowest BCUT2D eigenvalue weighted by molar-refractivity contribution is -0.122. The van der Waals surface area contributed by atoms with Crippen LogP contribution in [0.25, 0.3) is 0 Å². The molecular weight excluding hydrogens is 204 g/mol. The molecule has 0 radical (unpaired) electrons. The zero-order valence-electron chi connectivity index (χ0n) is 10.00. The van der Waals surface area contributed by atoms with E-state index in [9.17, 15) is 4.79 Å². The molecule has 0 aromatic carbocycles. The third-order valence-electron chi connectivity index (χ3n) is 2.78. The fourth-order valence-electron chi connectivity index (χ4n) is 1.73. The summed E-state index contributed by atoms with van der Waals surface area (Å²) in [6.45, 7) is 8.51. The molecule has 4 heteroatoms. The first-order valence-electron chi connectivity index (χ1n) is 5.93. The highest BCUT2D eigenvalue weighted by Gasteiger charge is 2.17. The summed E-state index contributed by atoms with van der Waals surface area (Å²) in [6, 6.07) is -0.151. The van der Waals surface area contributed by atoms with Crippen LogP contribution in [0.3, 0.4) is 0 Å². The molecule has 2 atom stereocenters. The van der Waals surface area contributed by atoms with E-state index in [1.807, 2.05) is 6.92 Å². The fourth-order valence-corrected chi connectivity index (χ4v) is 1.73. The number of hydrogen-bond donors (Lipinski definition) is 2. The van der Waals surface area contributed by atoms with Crippen molar-refractivity contribution < 1.29 is 9.53 Å². The second-order valence-corrected chi connectivity index (χ2v) is 4.25. The number of rotatable bonds is 6. The summed E-state index contributed by atoms with van der Waals surface area (Å²) in [6.07, 6.45) is 4.00. The fraction of sp³-hybridized carbons (Fsp3) is 0.750. The molecule has 1 aliphatic rings. The molecule has 1 saturated heterocycles. The number of ether oxygens (including phenoxy) is 1. The van der Waals surface area contributed by atoms with Crippen LogP contribution in [-0.2, 0) is 9.53 Å². The highest BCUT2D eigenvalue weighted by atomic mass is 16.5. The van der Waals surface area contributed by atoms with Crippen LogP contribution in [0.2, 0.25) is 0 Å². The zero-order valence-corrected chi connectivity index (χ0v) is 10.00. The molecule has 0 saturated carbocycles. The van der Waals surface area contributed by atoms with E-state index in [2.05, 4.69) is 17.2 Å². The Kier molecular flexibility index (Phi) is 6.11. The van der Waals surface area contributed by atoms with Crippen molar-refractivity contribution in [2.24, 2.45) is 5.92 Å². The largest absolute Gasteiger partial charge is 0.381 e. The highest BCUT2D eigenvalue weighted by Crippen LogP contribution is 2.12. The summed E-state index contributed by atoms with van der Waals surface area (Å²) >= 11 is 0. The van der Waals surface area contributed by atoms with E-state index in [0.717, 1.165) is 26.2 Å². The van der Waals surface area contributed by atoms with E-state index in [4.69, 9.17) is 4.74 Å². The van der Waals surface area contributed by atoms with Gasteiger partial charge in [0.15, 0.2) is 0 Å². The maximum Gasteiger partial charge on any atom is 0.237 e. The van der Waals surface area contributed by atoms with E-state index in [1.165, 1.54) is 6.42 Å². The monoisotopic (exact) mass is 226 g/mol. The van der Waals surface area contributed by atoms with Crippen LogP contribution in [-0.4, -0.2) is 38.3 Å². The predicted octanol–water partition coefficient (Wildman–Crippen LogP) is 0.693. The van der Waals surface area contributed by atoms with Gasteiger partial charge in [0.1, 0.15) is 0 Å². The average molecular weight is 226 g/mol. The second-order valence-electron chi connectivity index (χ2n) is 4.25. The van der Waals surface area contributed by atoms with Crippen molar-refractivity contribution in [3.05, 3.63) is 12.7 Å². The van der Waals surface area contributed by atoms with Gasteiger partial charge < -0.3 is 15.4 Å². The van der Waals surface area contributed by atoms with E-state index >= 15 is 0 Å². The zero-order chi connectivity index (χ0) is 11.8. The summed E-state index contributed by atoms with van der Waals surface area (Å²) in [4.78, 5) is 11.5. The van der Waals surface area contributed by atoms with Gasteiger partial charge in [-0.1, -0.05) is 6.08 Å². The van der Waals surface area contributed by atoms with Crippen LogP contribution >= 0.6 is 0 Å². The molecule has 0 aliphatic carbocycles. The Morgan fingerprint density at radius 3 is 3.12 bits per heavy atom.